The average Bonchev–Trinajstić information content (AvgIpc) is 3.48. The second-order valence-corrected chi connectivity index (χ2v) is 15.1. The van der Waals surface area contributed by atoms with E-state index in [1.807, 2.05) is 52.1 Å². The predicted molar refractivity (Wildman–Crippen MR) is 187 cm³/mol. The Bertz CT molecular complexity index is 1740. The van der Waals surface area contributed by atoms with Gasteiger partial charge >= 0.3 is 5.97 Å². The number of nitrogens with one attached hydrogen (secondary N) is 1. The van der Waals surface area contributed by atoms with Crippen molar-refractivity contribution < 1.29 is 14.6 Å². The third-order valence-corrected chi connectivity index (χ3v) is 9.63. The molecule has 248 valence electrons. The molecule has 1 atom stereocenters. The standard InChI is InChI=1S/C39H49N5O3/c1-25-32(34(44-19-16-39(6,7)17-20-44)33(26(2)41-25)35(37(45)46)47-38(3,4)5)29-13-14-30-23-43(18-15-28(30)21-29)24-31-22-40-36(42-31)27-11-9-8-10-12-27/h8-14,21-22,35H,15-20,23-24H2,1-7H3,(H,40,42)(H,45,46). The molecular formula is C39H49N5O3. The number of imidazole rings is 1. The lowest BCUT2D eigenvalue weighted by molar-refractivity contribution is -0.160. The summed E-state index contributed by atoms with van der Waals surface area (Å²) in [6.07, 6.45) is 3.83. The van der Waals surface area contributed by atoms with Crippen molar-refractivity contribution >= 4 is 11.7 Å². The summed E-state index contributed by atoms with van der Waals surface area (Å²) in [4.78, 5) is 30.8. The van der Waals surface area contributed by atoms with Crippen LogP contribution in [-0.2, 0) is 29.0 Å². The van der Waals surface area contributed by atoms with Gasteiger partial charge in [0.25, 0.3) is 0 Å². The molecule has 0 saturated carbocycles. The number of hydrogen-bond acceptors (Lipinski definition) is 6. The van der Waals surface area contributed by atoms with Gasteiger partial charge in [0.05, 0.1) is 11.3 Å². The number of ether oxygens (including phenoxy) is 1. The molecular weight excluding hydrogens is 586 g/mol. The Kier molecular flexibility index (Phi) is 9.02. The molecule has 0 radical (unpaired) electrons. The first-order valence-corrected chi connectivity index (χ1v) is 16.9. The van der Waals surface area contributed by atoms with E-state index < -0.39 is 17.7 Å². The molecule has 2 aliphatic rings. The van der Waals surface area contributed by atoms with E-state index in [4.69, 9.17) is 9.72 Å². The molecule has 2 N–H and O–H groups in total. The lowest BCUT2D eigenvalue weighted by Crippen LogP contribution is -2.39. The monoisotopic (exact) mass is 635 g/mol. The van der Waals surface area contributed by atoms with Crippen LogP contribution >= 0.6 is 0 Å². The van der Waals surface area contributed by atoms with Crippen molar-refractivity contribution in [2.45, 2.75) is 92.5 Å². The van der Waals surface area contributed by atoms with Crippen LogP contribution in [0.1, 0.15) is 87.3 Å². The molecule has 8 heteroatoms. The normalized spacial score (nSPS) is 17.4. The van der Waals surface area contributed by atoms with Gasteiger partial charge in [0.2, 0.25) is 0 Å². The van der Waals surface area contributed by atoms with Crippen LogP contribution in [0.15, 0.2) is 54.7 Å². The van der Waals surface area contributed by atoms with Gasteiger partial charge in [0, 0.05) is 72.7 Å². The van der Waals surface area contributed by atoms with Crippen molar-refractivity contribution in [2.75, 3.05) is 24.5 Å². The highest BCUT2D eigenvalue weighted by molar-refractivity contribution is 5.88. The number of carboxylic acid groups (broad SMARTS) is 1. The van der Waals surface area contributed by atoms with Gasteiger partial charge in [-0.3, -0.25) is 9.88 Å². The van der Waals surface area contributed by atoms with Gasteiger partial charge in [0.1, 0.15) is 5.82 Å². The quantitative estimate of drug-likeness (QED) is 0.203. The smallest absolute Gasteiger partial charge is 0.337 e. The minimum Gasteiger partial charge on any atom is -0.479 e. The van der Waals surface area contributed by atoms with E-state index in [0.29, 0.717) is 11.3 Å². The Morgan fingerprint density at radius 2 is 1.72 bits per heavy atom. The fraction of sp³-hybridized carbons (Fsp3) is 0.462. The average molecular weight is 636 g/mol. The fourth-order valence-corrected chi connectivity index (χ4v) is 7.08. The number of carboxylic acids is 1. The summed E-state index contributed by atoms with van der Waals surface area (Å²) in [5.41, 5.74) is 9.83. The highest BCUT2D eigenvalue weighted by Crippen LogP contribution is 2.45. The van der Waals surface area contributed by atoms with Crippen molar-refractivity contribution in [1.29, 1.82) is 0 Å². The van der Waals surface area contributed by atoms with Gasteiger partial charge in [-0.1, -0.05) is 62.4 Å². The number of anilines is 1. The van der Waals surface area contributed by atoms with E-state index in [1.54, 1.807) is 0 Å². The number of aromatic amines is 1. The molecule has 0 bridgehead atoms. The van der Waals surface area contributed by atoms with Crippen molar-refractivity contribution in [1.82, 2.24) is 19.9 Å². The minimum atomic E-state index is -1.12. The topological polar surface area (TPSA) is 94.6 Å². The van der Waals surface area contributed by atoms with Gasteiger partial charge in [-0.15, -0.1) is 0 Å². The molecule has 8 nitrogen and oxygen atoms in total. The summed E-state index contributed by atoms with van der Waals surface area (Å²) in [6, 6.07) is 17.0. The maximum atomic E-state index is 12.8. The molecule has 2 aliphatic heterocycles. The highest BCUT2D eigenvalue weighted by Gasteiger charge is 2.36. The number of carbonyl (C=O) groups is 1. The Hall–Kier alpha value is -4.01. The summed E-state index contributed by atoms with van der Waals surface area (Å²) in [7, 11) is 0. The maximum absolute atomic E-state index is 12.8. The Labute approximate surface area is 279 Å². The molecule has 2 aromatic carbocycles. The van der Waals surface area contributed by atoms with Gasteiger partial charge < -0.3 is 19.7 Å². The van der Waals surface area contributed by atoms with E-state index in [1.165, 1.54) is 11.1 Å². The van der Waals surface area contributed by atoms with Crippen LogP contribution in [0.5, 0.6) is 0 Å². The molecule has 2 aromatic heterocycles. The van der Waals surface area contributed by atoms with Gasteiger partial charge in [-0.25, -0.2) is 9.78 Å². The minimum absolute atomic E-state index is 0.249. The van der Waals surface area contributed by atoms with E-state index >= 15 is 0 Å². The van der Waals surface area contributed by atoms with Crippen LogP contribution in [0, 0.1) is 19.3 Å². The summed E-state index contributed by atoms with van der Waals surface area (Å²) >= 11 is 0. The van der Waals surface area contributed by atoms with E-state index in [0.717, 1.165) is 91.6 Å². The fourth-order valence-electron chi connectivity index (χ4n) is 7.08. The Morgan fingerprint density at radius 1 is 1.00 bits per heavy atom. The SMILES string of the molecule is Cc1nc(C)c(C(OC(C)(C)C)C(=O)O)c(N2CCC(C)(C)CC2)c1-c1ccc2c(c1)CCN(Cc1cnc(-c3ccccc3)[nH]1)C2. The second kappa shape index (κ2) is 12.9. The van der Waals surface area contributed by atoms with Crippen molar-refractivity contribution in [3.8, 4) is 22.5 Å². The molecule has 6 rings (SSSR count). The lowest BCUT2D eigenvalue weighted by Gasteiger charge is -2.41. The summed E-state index contributed by atoms with van der Waals surface area (Å²) in [5.74, 6) is -0.0906. The molecule has 47 heavy (non-hydrogen) atoms. The number of nitrogens with zero attached hydrogens (tertiary/aromatic N) is 4. The van der Waals surface area contributed by atoms with Crippen LogP contribution in [-0.4, -0.2) is 56.2 Å². The third-order valence-electron chi connectivity index (χ3n) is 9.63. The number of H-pyrrole nitrogens is 1. The van der Waals surface area contributed by atoms with Crippen LogP contribution in [0.2, 0.25) is 0 Å². The van der Waals surface area contributed by atoms with Gasteiger partial charge in [-0.05, 0) is 76.0 Å². The Morgan fingerprint density at radius 3 is 2.40 bits per heavy atom. The van der Waals surface area contributed by atoms with Gasteiger partial charge in [-0.2, -0.15) is 0 Å². The largest absolute Gasteiger partial charge is 0.479 e. The third kappa shape index (κ3) is 7.29. The first kappa shape index (κ1) is 32.9. The number of benzene rings is 2. The van der Waals surface area contributed by atoms with Crippen LogP contribution in [0.3, 0.4) is 0 Å². The lowest BCUT2D eigenvalue weighted by atomic mass is 9.81. The summed E-state index contributed by atoms with van der Waals surface area (Å²) in [5, 5.41) is 10.5. The zero-order valence-corrected chi connectivity index (χ0v) is 29.0. The van der Waals surface area contributed by atoms with Crippen LogP contribution in [0.4, 0.5) is 5.69 Å². The highest BCUT2D eigenvalue weighted by atomic mass is 16.5. The first-order chi connectivity index (χ1) is 22.3. The van der Waals surface area contributed by atoms with E-state index in [2.05, 4.69) is 70.9 Å². The zero-order valence-electron chi connectivity index (χ0n) is 29.0. The zero-order chi connectivity index (χ0) is 33.5. The van der Waals surface area contributed by atoms with Crippen LogP contribution < -0.4 is 4.90 Å². The number of aromatic nitrogens is 3. The van der Waals surface area contributed by atoms with E-state index in [-0.39, 0.29) is 5.41 Å². The number of hydrogen-bond donors (Lipinski definition) is 2. The van der Waals surface area contributed by atoms with Crippen molar-refractivity contribution in [3.63, 3.8) is 0 Å². The molecule has 1 fully saturated rings. The molecule has 0 amide bonds. The molecule has 1 saturated heterocycles. The first-order valence-electron chi connectivity index (χ1n) is 16.9. The molecule has 4 heterocycles. The Balaban J connectivity index is 1.34. The number of piperidine rings is 1. The van der Waals surface area contributed by atoms with Crippen molar-refractivity contribution in [3.05, 3.63) is 88.5 Å². The van der Waals surface area contributed by atoms with Crippen molar-refractivity contribution in [2.24, 2.45) is 5.41 Å². The summed E-state index contributed by atoms with van der Waals surface area (Å²) in [6.45, 7) is 18.7. The van der Waals surface area contributed by atoms with Crippen LogP contribution in [0.25, 0.3) is 22.5 Å². The molecule has 4 aromatic rings. The number of pyridine rings is 1. The van der Waals surface area contributed by atoms with Gasteiger partial charge in [0.15, 0.2) is 6.10 Å². The number of fused-ring (bicyclic) bond motifs is 1. The predicted octanol–water partition coefficient (Wildman–Crippen LogP) is 7.88. The second-order valence-electron chi connectivity index (χ2n) is 15.1. The molecule has 0 spiro atoms. The number of aryl methyl sites for hydroxylation is 2. The maximum Gasteiger partial charge on any atom is 0.337 e. The summed E-state index contributed by atoms with van der Waals surface area (Å²) < 4.78 is 6.27. The number of aliphatic carboxylic acids is 1. The molecule has 1 unspecified atom stereocenters. The molecule has 0 aliphatic carbocycles. The van der Waals surface area contributed by atoms with E-state index in [9.17, 15) is 9.90 Å². The number of rotatable bonds is 8.